The van der Waals surface area contributed by atoms with Crippen LogP contribution in [0.4, 0.5) is 0 Å². The second-order valence-electron chi connectivity index (χ2n) is 5.68. The summed E-state index contributed by atoms with van der Waals surface area (Å²) in [5.41, 5.74) is 2.19. The number of methoxy groups -OCH3 is 2. The summed E-state index contributed by atoms with van der Waals surface area (Å²) in [5, 5.41) is 0. The van der Waals surface area contributed by atoms with Gasteiger partial charge in [0.05, 0.1) is 14.2 Å². The van der Waals surface area contributed by atoms with Crippen molar-refractivity contribution in [2.75, 3.05) is 14.2 Å². The predicted octanol–water partition coefficient (Wildman–Crippen LogP) is 3.00. The lowest BCUT2D eigenvalue weighted by atomic mass is 9.90. The maximum atomic E-state index is 12.6. The quantitative estimate of drug-likeness (QED) is 0.814. The van der Waals surface area contributed by atoms with Crippen molar-refractivity contribution < 1.29 is 14.3 Å². The van der Waals surface area contributed by atoms with Gasteiger partial charge in [0.1, 0.15) is 11.2 Å². The second kappa shape index (κ2) is 5.44. The molecule has 0 unspecified atom stereocenters. The zero-order valence-electron chi connectivity index (χ0n) is 13.0. The molecule has 0 spiro atoms. The van der Waals surface area contributed by atoms with Crippen molar-refractivity contribution in [2.24, 2.45) is 0 Å². The maximum absolute atomic E-state index is 12.6. The van der Waals surface area contributed by atoms with Gasteiger partial charge < -0.3 is 9.47 Å². The average Bonchev–Trinajstić information content (AvgIpc) is 3.31. The number of aryl methyl sites for hydroxylation is 1. The maximum Gasteiger partial charge on any atom is 0.317 e. The molecule has 0 saturated heterocycles. The SMILES string of the molecule is COC(=O)[C@@]1(c2cc(C)ccc2OC)C[C@@H]1c1ccccn1. The summed E-state index contributed by atoms with van der Waals surface area (Å²) in [6.45, 7) is 2.01. The van der Waals surface area contributed by atoms with Crippen molar-refractivity contribution in [1.29, 1.82) is 0 Å². The molecule has 1 heterocycles. The first-order valence-corrected chi connectivity index (χ1v) is 7.28. The van der Waals surface area contributed by atoms with Crippen LogP contribution >= 0.6 is 0 Å². The summed E-state index contributed by atoms with van der Waals surface area (Å²) in [6.07, 6.45) is 2.44. The second-order valence-corrected chi connectivity index (χ2v) is 5.68. The number of benzene rings is 1. The molecule has 1 aromatic carbocycles. The van der Waals surface area contributed by atoms with Crippen LogP contribution in [0.15, 0.2) is 42.6 Å². The summed E-state index contributed by atoms with van der Waals surface area (Å²) < 4.78 is 10.6. The number of ether oxygens (including phenoxy) is 2. The Morgan fingerprint density at radius 3 is 2.73 bits per heavy atom. The predicted molar refractivity (Wildman–Crippen MR) is 83.0 cm³/mol. The van der Waals surface area contributed by atoms with Gasteiger partial charge in [-0.05, 0) is 31.5 Å². The molecule has 22 heavy (non-hydrogen) atoms. The molecule has 1 fully saturated rings. The smallest absolute Gasteiger partial charge is 0.317 e. The summed E-state index contributed by atoms with van der Waals surface area (Å²) in [5.74, 6) is 0.512. The minimum absolute atomic E-state index is 0.0249. The zero-order valence-corrected chi connectivity index (χ0v) is 13.0. The van der Waals surface area contributed by atoms with E-state index in [4.69, 9.17) is 9.47 Å². The molecular formula is C18H19NO3. The fourth-order valence-electron chi connectivity index (χ4n) is 3.19. The number of rotatable bonds is 4. The van der Waals surface area contributed by atoms with Gasteiger partial charge >= 0.3 is 5.97 Å². The van der Waals surface area contributed by atoms with E-state index < -0.39 is 5.41 Å². The van der Waals surface area contributed by atoms with Gasteiger partial charge in [-0.3, -0.25) is 9.78 Å². The third-order valence-corrected chi connectivity index (χ3v) is 4.39. The fraction of sp³-hybridized carbons (Fsp3) is 0.333. The van der Waals surface area contributed by atoms with Crippen molar-refractivity contribution in [1.82, 2.24) is 4.98 Å². The number of aromatic nitrogens is 1. The molecule has 0 aliphatic heterocycles. The first-order chi connectivity index (χ1) is 10.6. The largest absolute Gasteiger partial charge is 0.496 e. The van der Waals surface area contributed by atoms with Crippen LogP contribution in [0.1, 0.15) is 29.2 Å². The van der Waals surface area contributed by atoms with Crippen LogP contribution in [0, 0.1) is 6.92 Å². The van der Waals surface area contributed by atoms with E-state index in [1.54, 1.807) is 13.3 Å². The first-order valence-electron chi connectivity index (χ1n) is 7.28. The monoisotopic (exact) mass is 297 g/mol. The van der Waals surface area contributed by atoms with Gasteiger partial charge in [-0.2, -0.15) is 0 Å². The van der Waals surface area contributed by atoms with Crippen LogP contribution in [0.25, 0.3) is 0 Å². The van der Waals surface area contributed by atoms with Crippen LogP contribution < -0.4 is 4.74 Å². The van der Waals surface area contributed by atoms with Gasteiger partial charge in [0.2, 0.25) is 0 Å². The number of hydrogen-bond acceptors (Lipinski definition) is 4. The van der Waals surface area contributed by atoms with Crippen molar-refractivity contribution in [3.8, 4) is 5.75 Å². The van der Waals surface area contributed by atoms with Gasteiger partial charge in [0, 0.05) is 23.4 Å². The Balaban J connectivity index is 2.11. The molecule has 4 nitrogen and oxygen atoms in total. The highest BCUT2D eigenvalue weighted by Gasteiger charge is 2.64. The standard InChI is InChI=1S/C18H19NO3/c1-12-7-8-16(21-2)13(10-12)18(17(20)22-3)11-14(18)15-6-4-5-9-19-15/h4-10,14H,11H2,1-3H3/t14-,18-/m1/s1. The molecule has 0 N–H and O–H groups in total. The molecule has 4 heteroatoms. The van der Waals surface area contributed by atoms with Crippen LogP contribution in [-0.2, 0) is 14.9 Å². The Morgan fingerprint density at radius 1 is 1.27 bits per heavy atom. The summed E-state index contributed by atoms with van der Waals surface area (Å²) in [4.78, 5) is 17.0. The van der Waals surface area contributed by atoms with E-state index >= 15 is 0 Å². The van der Waals surface area contributed by atoms with E-state index in [-0.39, 0.29) is 11.9 Å². The number of nitrogens with zero attached hydrogens (tertiary/aromatic N) is 1. The number of carbonyl (C=O) groups excluding carboxylic acids is 1. The van der Waals surface area contributed by atoms with Crippen LogP contribution in [0.2, 0.25) is 0 Å². The minimum Gasteiger partial charge on any atom is -0.496 e. The van der Waals surface area contributed by atoms with Crippen LogP contribution in [-0.4, -0.2) is 25.2 Å². The molecule has 1 aromatic heterocycles. The van der Waals surface area contributed by atoms with Gasteiger partial charge in [-0.15, -0.1) is 0 Å². The topological polar surface area (TPSA) is 48.4 Å². The first kappa shape index (κ1) is 14.6. The minimum atomic E-state index is -0.694. The zero-order chi connectivity index (χ0) is 15.7. The normalized spacial score (nSPS) is 23.0. The van der Waals surface area contributed by atoms with Crippen molar-refractivity contribution in [3.63, 3.8) is 0 Å². The van der Waals surface area contributed by atoms with E-state index in [9.17, 15) is 4.79 Å². The molecule has 0 amide bonds. The summed E-state index contributed by atoms with van der Waals surface area (Å²) in [7, 11) is 3.05. The lowest BCUT2D eigenvalue weighted by Gasteiger charge is -2.19. The number of hydrogen-bond donors (Lipinski definition) is 0. The van der Waals surface area contributed by atoms with E-state index in [1.165, 1.54) is 7.11 Å². The molecule has 3 rings (SSSR count). The lowest BCUT2D eigenvalue weighted by Crippen LogP contribution is -2.25. The fourth-order valence-corrected chi connectivity index (χ4v) is 3.19. The van der Waals surface area contributed by atoms with Crippen LogP contribution in [0.3, 0.4) is 0 Å². The van der Waals surface area contributed by atoms with E-state index in [0.717, 1.165) is 22.6 Å². The van der Waals surface area contributed by atoms with E-state index in [0.29, 0.717) is 6.42 Å². The Kier molecular flexibility index (Phi) is 3.61. The van der Waals surface area contributed by atoms with Crippen LogP contribution in [0.5, 0.6) is 5.75 Å². The Labute approximate surface area is 130 Å². The van der Waals surface area contributed by atoms with Gasteiger partial charge in [0.25, 0.3) is 0 Å². The Morgan fingerprint density at radius 2 is 2.09 bits per heavy atom. The molecule has 0 radical (unpaired) electrons. The van der Waals surface area contributed by atoms with Gasteiger partial charge in [-0.1, -0.05) is 23.8 Å². The highest BCUT2D eigenvalue weighted by atomic mass is 16.5. The number of carbonyl (C=O) groups is 1. The molecular weight excluding hydrogens is 278 g/mol. The molecule has 114 valence electrons. The number of pyridine rings is 1. The van der Waals surface area contributed by atoms with E-state index in [2.05, 4.69) is 4.98 Å². The van der Waals surface area contributed by atoms with E-state index in [1.807, 2.05) is 43.3 Å². The van der Waals surface area contributed by atoms with Crippen molar-refractivity contribution in [2.45, 2.75) is 24.7 Å². The number of esters is 1. The summed E-state index contributed by atoms with van der Waals surface area (Å²) in [6, 6.07) is 11.7. The van der Waals surface area contributed by atoms with Gasteiger partial charge in [0.15, 0.2) is 0 Å². The molecule has 2 aromatic rings. The molecule has 1 aliphatic carbocycles. The summed E-state index contributed by atoms with van der Waals surface area (Å²) >= 11 is 0. The third kappa shape index (κ3) is 2.15. The highest BCUT2D eigenvalue weighted by molar-refractivity contribution is 5.90. The lowest BCUT2D eigenvalue weighted by molar-refractivity contribution is -0.143. The van der Waals surface area contributed by atoms with Gasteiger partial charge in [-0.25, -0.2) is 0 Å². The third-order valence-electron chi connectivity index (χ3n) is 4.39. The van der Waals surface area contributed by atoms with Crippen molar-refractivity contribution >= 4 is 5.97 Å². The average molecular weight is 297 g/mol. The molecule has 0 bridgehead atoms. The Bertz CT molecular complexity index is 699. The highest BCUT2D eigenvalue weighted by Crippen LogP contribution is 2.62. The molecule has 2 atom stereocenters. The molecule has 1 aliphatic rings. The van der Waals surface area contributed by atoms with Crippen molar-refractivity contribution in [3.05, 3.63) is 59.4 Å². The Hall–Kier alpha value is -2.36. The molecule has 1 saturated carbocycles.